The summed E-state index contributed by atoms with van der Waals surface area (Å²) < 4.78 is 15.6. The van der Waals surface area contributed by atoms with Gasteiger partial charge in [-0.15, -0.1) is 0 Å². The highest BCUT2D eigenvalue weighted by molar-refractivity contribution is 6.47. The number of aliphatic hydroxyl groups is 1. The van der Waals surface area contributed by atoms with Crippen LogP contribution in [0.2, 0.25) is 10.0 Å². The number of ether oxygens (including phenoxy) is 3. The Balaban J connectivity index is 1.83. The fraction of sp³-hybridized carbons (Fsp3) is 0.214. The maximum Gasteiger partial charge on any atom is 0.338 e. The first-order valence-electron chi connectivity index (χ1n) is 11.8. The normalized spacial score (nSPS) is 16.3. The number of ketones is 1. The van der Waals surface area contributed by atoms with E-state index in [0.717, 1.165) is 0 Å². The molecule has 0 aliphatic carbocycles. The van der Waals surface area contributed by atoms with Crippen LogP contribution in [0.25, 0.3) is 5.76 Å². The van der Waals surface area contributed by atoms with E-state index in [2.05, 4.69) is 4.98 Å². The van der Waals surface area contributed by atoms with Gasteiger partial charge in [0.15, 0.2) is 11.5 Å². The van der Waals surface area contributed by atoms with Crippen LogP contribution in [0.4, 0.5) is 0 Å². The number of aromatic nitrogens is 1. The van der Waals surface area contributed by atoms with E-state index in [1.54, 1.807) is 49.5 Å². The van der Waals surface area contributed by atoms with Crippen molar-refractivity contribution < 1.29 is 33.7 Å². The number of carbonyl (C=O) groups excluding carboxylic acids is 3. The number of Topliss-reactive ketones (excluding diaryl/α,β-unsaturated/α-hetero) is 1. The molecule has 9 nitrogen and oxygen atoms in total. The number of nitrogens with zero attached hydrogens (tertiary/aromatic N) is 2. The van der Waals surface area contributed by atoms with E-state index >= 15 is 0 Å². The molecule has 1 aliphatic rings. The highest BCUT2D eigenvalue weighted by Gasteiger charge is 2.46. The van der Waals surface area contributed by atoms with Crippen molar-refractivity contribution >= 4 is 46.6 Å². The molecule has 39 heavy (non-hydrogen) atoms. The van der Waals surface area contributed by atoms with Crippen molar-refractivity contribution in [1.29, 1.82) is 0 Å². The number of hydrogen-bond donors (Lipinski definition) is 1. The second-order valence-electron chi connectivity index (χ2n) is 8.42. The minimum Gasteiger partial charge on any atom is -0.507 e. The monoisotopic (exact) mass is 570 g/mol. The van der Waals surface area contributed by atoms with Gasteiger partial charge in [-0.25, -0.2) is 4.79 Å². The Hall–Kier alpha value is -4.08. The summed E-state index contributed by atoms with van der Waals surface area (Å²) in [6.45, 7) is 1.96. The molecule has 1 N–H and O–H groups in total. The number of halogens is 2. The highest BCUT2D eigenvalue weighted by Crippen LogP contribution is 2.47. The SMILES string of the molecule is CCOC(=O)c1ccc(CN2C(=O)C(=O)/C(=C(/O)c3cc(Cl)c(OC)c(Cl)c3OC)C2c2cccnc2)cc1. The van der Waals surface area contributed by atoms with Gasteiger partial charge < -0.3 is 24.2 Å². The van der Waals surface area contributed by atoms with Crippen LogP contribution in [0.1, 0.15) is 40.0 Å². The van der Waals surface area contributed by atoms with Crippen molar-refractivity contribution in [1.82, 2.24) is 9.88 Å². The van der Waals surface area contributed by atoms with Gasteiger partial charge in [-0.05, 0) is 42.3 Å². The zero-order valence-corrected chi connectivity index (χ0v) is 22.7. The fourth-order valence-electron chi connectivity index (χ4n) is 4.38. The lowest BCUT2D eigenvalue weighted by molar-refractivity contribution is -0.140. The zero-order valence-electron chi connectivity index (χ0n) is 21.2. The van der Waals surface area contributed by atoms with Crippen molar-refractivity contribution in [3.63, 3.8) is 0 Å². The average molecular weight is 571 g/mol. The first-order valence-corrected chi connectivity index (χ1v) is 12.5. The van der Waals surface area contributed by atoms with Gasteiger partial charge in [0.05, 0.1) is 48.6 Å². The van der Waals surface area contributed by atoms with Gasteiger partial charge in [0.1, 0.15) is 10.8 Å². The summed E-state index contributed by atoms with van der Waals surface area (Å²) in [5, 5.41) is 11.5. The summed E-state index contributed by atoms with van der Waals surface area (Å²) >= 11 is 12.7. The molecule has 2 aromatic carbocycles. The number of likely N-dealkylation sites (tertiary alicyclic amines) is 1. The number of rotatable bonds is 8. The number of methoxy groups -OCH3 is 2. The van der Waals surface area contributed by atoms with Crippen LogP contribution >= 0.6 is 23.2 Å². The van der Waals surface area contributed by atoms with Crippen LogP contribution in [0.15, 0.2) is 60.4 Å². The molecule has 1 saturated heterocycles. The molecule has 11 heteroatoms. The number of hydrogen-bond acceptors (Lipinski definition) is 8. The lowest BCUT2D eigenvalue weighted by atomic mass is 9.95. The molecule has 3 aromatic rings. The molecule has 1 aromatic heterocycles. The molecule has 0 radical (unpaired) electrons. The Kier molecular flexibility index (Phi) is 8.42. The third-order valence-corrected chi connectivity index (χ3v) is 6.78. The number of benzene rings is 2. The van der Waals surface area contributed by atoms with E-state index < -0.39 is 29.5 Å². The lowest BCUT2D eigenvalue weighted by Gasteiger charge is -2.25. The van der Waals surface area contributed by atoms with Gasteiger partial charge in [0, 0.05) is 18.9 Å². The maximum atomic E-state index is 13.4. The molecule has 202 valence electrons. The number of esters is 1. The predicted molar refractivity (Wildman–Crippen MR) is 144 cm³/mol. The summed E-state index contributed by atoms with van der Waals surface area (Å²) in [4.78, 5) is 44.2. The number of aliphatic hydroxyl groups excluding tert-OH is 1. The standard InChI is InChI=1S/C28H24Cl2N2O7/c1-4-39-28(36)16-9-7-15(8-10-16)14-32-22(17-6-5-11-31-13-17)20(24(34)27(32)35)23(33)18-12-19(29)26(38-3)21(30)25(18)37-2/h5-13,22,33H,4,14H2,1-3H3/b23-20+. The first kappa shape index (κ1) is 27.9. The molecular formula is C28H24Cl2N2O7. The van der Waals surface area contributed by atoms with Gasteiger partial charge in [0.2, 0.25) is 0 Å². The Morgan fingerprint density at radius 2 is 1.77 bits per heavy atom. The number of pyridine rings is 1. The van der Waals surface area contributed by atoms with E-state index in [-0.39, 0.29) is 45.8 Å². The fourth-order valence-corrected chi connectivity index (χ4v) is 5.06. The van der Waals surface area contributed by atoms with Crippen molar-refractivity contribution in [3.05, 3.63) is 92.7 Å². The maximum absolute atomic E-state index is 13.4. The van der Waals surface area contributed by atoms with Gasteiger partial charge >= 0.3 is 5.97 Å². The second-order valence-corrected chi connectivity index (χ2v) is 9.20. The molecule has 0 saturated carbocycles. The van der Waals surface area contributed by atoms with Gasteiger partial charge in [-0.2, -0.15) is 0 Å². The van der Waals surface area contributed by atoms with Gasteiger partial charge in [-0.3, -0.25) is 14.6 Å². The van der Waals surface area contributed by atoms with E-state index in [1.807, 2.05) is 0 Å². The van der Waals surface area contributed by atoms with E-state index in [4.69, 9.17) is 37.4 Å². The van der Waals surface area contributed by atoms with Crippen molar-refractivity contribution in [2.75, 3.05) is 20.8 Å². The van der Waals surface area contributed by atoms with Crippen LogP contribution < -0.4 is 9.47 Å². The van der Waals surface area contributed by atoms with Gasteiger partial charge in [0.25, 0.3) is 11.7 Å². The number of carbonyl (C=O) groups is 3. The molecule has 0 bridgehead atoms. The summed E-state index contributed by atoms with van der Waals surface area (Å²) in [7, 11) is 2.71. The molecule has 1 aliphatic heterocycles. The van der Waals surface area contributed by atoms with Crippen LogP contribution in [-0.4, -0.2) is 53.5 Å². The quantitative estimate of drug-likeness (QED) is 0.170. The van der Waals surface area contributed by atoms with E-state index in [9.17, 15) is 19.5 Å². The largest absolute Gasteiger partial charge is 0.507 e. The molecule has 1 unspecified atom stereocenters. The molecule has 1 fully saturated rings. The lowest BCUT2D eigenvalue weighted by Crippen LogP contribution is -2.29. The molecule has 4 rings (SSSR count). The highest BCUT2D eigenvalue weighted by atomic mass is 35.5. The third kappa shape index (κ3) is 5.28. The molecule has 1 amide bonds. The molecule has 1 atom stereocenters. The Morgan fingerprint density at radius 3 is 2.36 bits per heavy atom. The smallest absolute Gasteiger partial charge is 0.338 e. The van der Waals surface area contributed by atoms with E-state index in [0.29, 0.717) is 16.7 Å². The zero-order chi connectivity index (χ0) is 28.3. The predicted octanol–water partition coefficient (Wildman–Crippen LogP) is 5.20. The Morgan fingerprint density at radius 1 is 1.08 bits per heavy atom. The Labute approximate surface area is 234 Å². The molecular weight excluding hydrogens is 547 g/mol. The summed E-state index contributed by atoms with van der Waals surface area (Å²) in [6, 6.07) is 10.2. The summed E-state index contributed by atoms with van der Waals surface area (Å²) in [6.07, 6.45) is 3.06. The average Bonchev–Trinajstić information content (AvgIpc) is 3.18. The van der Waals surface area contributed by atoms with Crippen LogP contribution in [0.5, 0.6) is 11.5 Å². The topological polar surface area (TPSA) is 115 Å². The number of amides is 1. The third-order valence-electron chi connectivity index (χ3n) is 6.15. The minimum atomic E-state index is -0.993. The van der Waals surface area contributed by atoms with Crippen LogP contribution in [0, 0.1) is 0 Å². The minimum absolute atomic E-state index is 0.00524. The second kappa shape index (κ2) is 11.8. The van der Waals surface area contributed by atoms with Crippen molar-refractivity contribution in [2.45, 2.75) is 19.5 Å². The summed E-state index contributed by atoms with van der Waals surface area (Å²) in [5.41, 5.74) is 1.32. The molecule has 2 heterocycles. The van der Waals surface area contributed by atoms with Gasteiger partial charge in [-0.1, -0.05) is 41.4 Å². The first-order chi connectivity index (χ1) is 18.7. The molecule has 0 spiro atoms. The van der Waals surface area contributed by atoms with Crippen molar-refractivity contribution in [2.24, 2.45) is 0 Å². The van der Waals surface area contributed by atoms with Crippen LogP contribution in [0.3, 0.4) is 0 Å². The summed E-state index contributed by atoms with van der Waals surface area (Å²) in [5.74, 6) is -2.58. The Bertz CT molecular complexity index is 1460. The van der Waals surface area contributed by atoms with Crippen LogP contribution in [-0.2, 0) is 20.9 Å². The van der Waals surface area contributed by atoms with E-state index in [1.165, 1.54) is 31.4 Å². The van der Waals surface area contributed by atoms with Crippen molar-refractivity contribution in [3.8, 4) is 11.5 Å².